The van der Waals surface area contributed by atoms with Gasteiger partial charge in [-0.1, -0.05) is 13.8 Å². The standard InChI is InChI=1S/C9H14N2O/c1-6(2)9(12)8-5-10-7(3)4-11-8/h4-6,9,12H,1-3H3. The largest absolute Gasteiger partial charge is 0.386 e. The van der Waals surface area contributed by atoms with E-state index in [0.29, 0.717) is 5.69 Å². The Labute approximate surface area is 72.5 Å². The lowest BCUT2D eigenvalue weighted by Gasteiger charge is -2.12. The summed E-state index contributed by atoms with van der Waals surface area (Å²) in [6.45, 7) is 5.77. The SMILES string of the molecule is Cc1cnc(C(O)C(C)C)cn1. The maximum absolute atomic E-state index is 9.59. The third-order valence-electron chi connectivity index (χ3n) is 1.74. The lowest BCUT2D eigenvalue weighted by molar-refractivity contribution is 0.122. The fraction of sp³-hybridized carbons (Fsp3) is 0.556. The zero-order valence-corrected chi connectivity index (χ0v) is 7.65. The molecule has 1 unspecified atom stereocenters. The summed E-state index contributed by atoms with van der Waals surface area (Å²) in [4.78, 5) is 8.15. The normalized spacial score (nSPS) is 13.4. The molecule has 3 heteroatoms. The molecule has 0 aromatic carbocycles. The molecular weight excluding hydrogens is 152 g/mol. The van der Waals surface area contributed by atoms with E-state index in [1.54, 1.807) is 12.4 Å². The number of aromatic nitrogens is 2. The third-order valence-corrected chi connectivity index (χ3v) is 1.74. The molecule has 0 aliphatic heterocycles. The van der Waals surface area contributed by atoms with E-state index in [0.717, 1.165) is 5.69 Å². The fourth-order valence-electron chi connectivity index (χ4n) is 0.897. The van der Waals surface area contributed by atoms with Crippen molar-refractivity contribution < 1.29 is 5.11 Å². The van der Waals surface area contributed by atoms with Crippen LogP contribution in [0.4, 0.5) is 0 Å². The van der Waals surface area contributed by atoms with Crippen LogP contribution < -0.4 is 0 Å². The zero-order valence-electron chi connectivity index (χ0n) is 7.65. The molecule has 1 atom stereocenters. The van der Waals surface area contributed by atoms with Gasteiger partial charge in [0.2, 0.25) is 0 Å². The van der Waals surface area contributed by atoms with Gasteiger partial charge in [-0.25, -0.2) is 0 Å². The first kappa shape index (κ1) is 9.13. The zero-order chi connectivity index (χ0) is 9.14. The number of hydrogen-bond donors (Lipinski definition) is 1. The van der Waals surface area contributed by atoms with Gasteiger partial charge in [0.05, 0.1) is 23.7 Å². The van der Waals surface area contributed by atoms with Crippen molar-refractivity contribution in [2.24, 2.45) is 5.92 Å². The van der Waals surface area contributed by atoms with Crippen molar-refractivity contribution in [3.63, 3.8) is 0 Å². The minimum atomic E-state index is -0.502. The van der Waals surface area contributed by atoms with Crippen molar-refractivity contribution in [2.45, 2.75) is 26.9 Å². The van der Waals surface area contributed by atoms with Crippen LogP contribution in [-0.2, 0) is 0 Å². The Kier molecular flexibility index (Phi) is 2.76. The highest BCUT2D eigenvalue weighted by molar-refractivity contribution is 5.04. The molecule has 0 aliphatic carbocycles. The van der Waals surface area contributed by atoms with Crippen LogP contribution in [0.3, 0.4) is 0 Å². The van der Waals surface area contributed by atoms with Gasteiger partial charge in [-0.3, -0.25) is 9.97 Å². The van der Waals surface area contributed by atoms with Gasteiger partial charge in [0.15, 0.2) is 0 Å². The first-order chi connectivity index (χ1) is 5.61. The first-order valence-electron chi connectivity index (χ1n) is 4.08. The van der Waals surface area contributed by atoms with E-state index in [9.17, 15) is 5.11 Å². The van der Waals surface area contributed by atoms with Gasteiger partial charge in [0.25, 0.3) is 0 Å². The van der Waals surface area contributed by atoms with Gasteiger partial charge in [-0.2, -0.15) is 0 Å². The van der Waals surface area contributed by atoms with E-state index in [4.69, 9.17) is 0 Å². The average molecular weight is 166 g/mol. The molecule has 0 amide bonds. The summed E-state index contributed by atoms with van der Waals surface area (Å²) in [7, 11) is 0. The van der Waals surface area contributed by atoms with Crippen LogP contribution in [0.1, 0.15) is 31.3 Å². The minimum absolute atomic E-state index is 0.182. The monoisotopic (exact) mass is 166 g/mol. The van der Waals surface area contributed by atoms with Crippen molar-refractivity contribution in [1.29, 1.82) is 0 Å². The van der Waals surface area contributed by atoms with Gasteiger partial charge in [-0.05, 0) is 12.8 Å². The summed E-state index contributed by atoms with van der Waals surface area (Å²) in [6.07, 6.45) is 2.79. The Bertz CT molecular complexity index is 243. The van der Waals surface area contributed by atoms with Gasteiger partial charge in [0.1, 0.15) is 0 Å². The van der Waals surface area contributed by atoms with Gasteiger partial charge in [-0.15, -0.1) is 0 Å². The van der Waals surface area contributed by atoms with Crippen molar-refractivity contribution in [3.8, 4) is 0 Å². The molecule has 66 valence electrons. The van der Waals surface area contributed by atoms with Crippen LogP contribution in [0.2, 0.25) is 0 Å². The fourth-order valence-corrected chi connectivity index (χ4v) is 0.897. The lowest BCUT2D eigenvalue weighted by Crippen LogP contribution is -2.08. The highest BCUT2D eigenvalue weighted by atomic mass is 16.3. The highest BCUT2D eigenvalue weighted by Crippen LogP contribution is 2.17. The number of aryl methyl sites for hydroxylation is 1. The molecule has 12 heavy (non-hydrogen) atoms. The van der Waals surface area contributed by atoms with Gasteiger partial charge < -0.3 is 5.11 Å². The van der Waals surface area contributed by atoms with Crippen LogP contribution in [-0.4, -0.2) is 15.1 Å². The van der Waals surface area contributed by atoms with Gasteiger partial charge in [0, 0.05) is 6.20 Å². The number of aliphatic hydroxyl groups excluding tert-OH is 1. The van der Waals surface area contributed by atoms with Crippen molar-refractivity contribution in [2.75, 3.05) is 0 Å². The van der Waals surface area contributed by atoms with Crippen molar-refractivity contribution >= 4 is 0 Å². The molecule has 1 rings (SSSR count). The Morgan fingerprint density at radius 3 is 2.33 bits per heavy atom. The maximum atomic E-state index is 9.59. The van der Waals surface area contributed by atoms with Crippen LogP contribution in [0.25, 0.3) is 0 Å². The van der Waals surface area contributed by atoms with Gasteiger partial charge >= 0.3 is 0 Å². The summed E-state index contributed by atoms with van der Waals surface area (Å²) in [5.74, 6) is 0.182. The molecule has 1 heterocycles. The molecule has 0 saturated heterocycles. The molecule has 0 radical (unpaired) electrons. The Morgan fingerprint density at radius 1 is 1.25 bits per heavy atom. The summed E-state index contributed by atoms with van der Waals surface area (Å²) in [6, 6.07) is 0. The molecule has 3 nitrogen and oxygen atoms in total. The van der Waals surface area contributed by atoms with E-state index in [1.807, 2.05) is 20.8 Å². The molecule has 0 saturated carbocycles. The topological polar surface area (TPSA) is 46.0 Å². The Hall–Kier alpha value is -0.960. The number of nitrogens with zero attached hydrogens (tertiary/aromatic N) is 2. The number of rotatable bonds is 2. The Morgan fingerprint density at radius 2 is 1.92 bits per heavy atom. The smallest absolute Gasteiger partial charge is 0.0998 e. The average Bonchev–Trinajstić information content (AvgIpc) is 2.04. The molecule has 0 spiro atoms. The summed E-state index contributed by atoms with van der Waals surface area (Å²) >= 11 is 0. The van der Waals surface area contributed by atoms with Crippen LogP contribution in [0, 0.1) is 12.8 Å². The van der Waals surface area contributed by atoms with Crippen LogP contribution >= 0.6 is 0 Å². The number of hydrogen-bond acceptors (Lipinski definition) is 3. The molecule has 1 aromatic rings. The van der Waals surface area contributed by atoms with E-state index in [1.165, 1.54) is 0 Å². The van der Waals surface area contributed by atoms with E-state index in [-0.39, 0.29) is 5.92 Å². The second-order valence-electron chi connectivity index (χ2n) is 3.27. The number of aliphatic hydroxyl groups is 1. The summed E-state index contributed by atoms with van der Waals surface area (Å²) in [5, 5.41) is 9.59. The second kappa shape index (κ2) is 3.63. The van der Waals surface area contributed by atoms with Crippen LogP contribution in [0.15, 0.2) is 12.4 Å². The minimum Gasteiger partial charge on any atom is -0.386 e. The Balaban J connectivity index is 2.82. The third kappa shape index (κ3) is 2.01. The van der Waals surface area contributed by atoms with Crippen molar-refractivity contribution in [3.05, 3.63) is 23.8 Å². The van der Waals surface area contributed by atoms with E-state index < -0.39 is 6.10 Å². The molecule has 1 N–H and O–H groups in total. The first-order valence-corrected chi connectivity index (χ1v) is 4.08. The van der Waals surface area contributed by atoms with E-state index >= 15 is 0 Å². The molecule has 0 fully saturated rings. The predicted molar refractivity (Wildman–Crippen MR) is 46.6 cm³/mol. The maximum Gasteiger partial charge on any atom is 0.0998 e. The summed E-state index contributed by atoms with van der Waals surface area (Å²) in [5.41, 5.74) is 1.52. The van der Waals surface area contributed by atoms with Crippen molar-refractivity contribution in [1.82, 2.24) is 9.97 Å². The quantitative estimate of drug-likeness (QED) is 0.723. The molecule has 0 aliphatic rings. The summed E-state index contributed by atoms with van der Waals surface area (Å²) < 4.78 is 0. The molecular formula is C9H14N2O. The van der Waals surface area contributed by atoms with Crippen LogP contribution in [0.5, 0.6) is 0 Å². The predicted octanol–water partition coefficient (Wildman–Crippen LogP) is 1.47. The van der Waals surface area contributed by atoms with E-state index in [2.05, 4.69) is 9.97 Å². The second-order valence-corrected chi connectivity index (χ2v) is 3.27. The lowest BCUT2D eigenvalue weighted by atomic mass is 10.1. The highest BCUT2D eigenvalue weighted by Gasteiger charge is 2.12. The molecule has 0 bridgehead atoms. The molecule has 1 aromatic heterocycles.